The quantitative estimate of drug-likeness (QED) is 0.868. The maximum atomic E-state index is 9.42. The van der Waals surface area contributed by atoms with E-state index in [0.717, 1.165) is 28.4 Å². The standard InChI is InChI=1S/C13H19N5O/c1-7(19)6-14-13-11-10(8(2)17-18(11)3)15-12(16-13)9-4-5-9/h7,9,19H,4-6H2,1-3H3,(H,14,15,16). The fourth-order valence-corrected chi connectivity index (χ4v) is 2.25. The van der Waals surface area contributed by atoms with Gasteiger partial charge in [0.15, 0.2) is 5.82 Å². The van der Waals surface area contributed by atoms with E-state index in [1.54, 1.807) is 11.6 Å². The van der Waals surface area contributed by atoms with E-state index >= 15 is 0 Å². The normalized spacial score (nSPS) is 16.8. The van der Waals surface area contributed by atoms with Crippen molar-refractivity contribution in [2.24, 2.45) is 7.05 Å². The van der Waals surface area contributed by atoms with Crippen molar-refractivity contribution >= 4 is 16.9 Å². The van der Waals surface area contributed by atoms with Crippen molar-refractivity contribution in [3.8, 4) is 0 Å². The van der Waals surface area contributed by atoms with Gasteiger partial charge in [-0.05, 0) is 26.7 Å². The number of nitrogens with zero attached hydrogens (tertiary/aromatic N) is 4. The van der Waals surface area contributed by atoms with Gasteiger partial charge in [-0.1, -0.05) is 0 Å². The van der Waals surface area contributed by atoms with Crippen LogP contribution in [0.1, 0.15) is 37.2 Å². The Labute approximate surface area is 111 Å². The molecule has 0 aliphatic heterocycles. The number of aromatic nitrogens is 4. The molecule has 102 valence electrons. The highest BCUT2D eigenvalue weighted by molar-refractivity contribution is 5.87. The van der Waals surface area contributed by atoms with Gasteiger partial charge in [-0.3, -0.25) is 4.68 Å². The molecule has 6 nitrogen and oxygen atoms in total. The minimum absolute atomic E-state index is 0.413. The Kier molecular flexibility index (Phi) is 2.89. The summed E-state index contributed by atoms with van der Waals surface area (Å²) < 4.78 is 1.80. The average molecular weight is 261 g/mol. The van der Waals surface area contributed by atoms with Gasteiger partial charge in [-0.25, -0.2) is 9.97 Å². The van der Waals surface area contributed by atoms with E-state index in [1.807, 2.05) is 14.0 Å². The molecule has 0 radical (unpaired) electrons. The first-order chi connectivity index (χ1) is 9.06. The van der Waals surface area contributed by atoms with Crippen molar-refractivity contribution < 1.29 is 5.11 Å². The summed E-state index contributed by atoms with van der Waals surface area (Å²) in [7, 11) is 1.89. The Balaban J connectivity index is 2.10. The zero-order valence-corrected chi connectivity index (χ0v) is 11.5. The van der Waals surface area contributed by atoms with Gasteiger partial charge in [0.1, 0.15) is 16.9 Å². The lowest BCUT2D eigenvalue weighted by atomic mass is 10.3. The van der Waals surface area contributed by atoms with Gasteiger partial charge >= 0.3 is 0 Å². The van der Waals surface area contributed by atoms with Gasteiger partial charge in [-0.2, -0.15) is 5.10 Å². The molecule has 6 heteroatoms. The first-order valence-electron chi connectivity index (χ1n) is 6.69. The van der Waals surface area contributed by atoms with Gasteiger partial charge < -0.3 is 10.4 Å². The number of fused-ring (bicyclic) bond motifs is 1. The van der Waals surface area contributed by atoms with Gasteiger partial charge in [0.25, 0.3) is 0 Å². The first kappa shape index (κ1) is 12.3. The van der Waals surface area contributed by atoms with Crippen LogP contribution >= 0.6 is 0 Å². The summed E-state index contributed by atoms with van der Waals surface area (Å²) in [5, 5.41) is 17.0. The molecule has 1 fully saturated rings. The number of hydrogen-bond acceptors (Lipinski definition) is 5. The molecule has 2 aromatic heterocycles. The summed E-state index contributed by atoms with van der Waals surface area (Å²) in [4.78, 5) is 9.26. The highest BCUT2D eigenvalue weighted by Crippen LogP contribution is 2.39. The van der Waals surface area contributed by atoms with Crippen LogP contribution in [0.4, 0.5) is 5.82 Å². The summed E-state index contributed by atoms with van der Waals surface area (Å²) in [5.74, 6) is 2.17. The molecule has 3 rings (SSSR count). The third-order valence-corrected chi connectivity index (χ3v) is 3.38. The van der Waals surface area contributed by atoms with E-state index in [4.69, 9.17) is 0 Å². The Morgan fingerprint density at radius 3 is 2.79 bits per heavy atom. The van der Waals surface area contributed by atoms with Crippen LogP contribution in [0, 0.1) is 6.92 Å². The zero-order valence-electron chi connectivity index (χ0n) is 11.5. The number of anilines is 1. The third kappa shape index (κ3) is 2.28. The summed E-state index contributed by atoms with van der Waals surface area (Å²) >= 11 is 0. The molecule has 0 spiro atoms. The van der Waals surface area contributed by atoms with Gasteiger partial charge in [-0.15, -0.1) is 0 Å². The second-order valence-electron chi connectivity index (χ2n) is 5.34. The van der Waals surface area contributed by atoms with E-state index in [0.29, 0.717) is 12.5 Å². The van der Waals surface area contributed by atoms with Crippen molar-refractivity contribution in [3.63, 3.8) is 0 Å². The molecule has 0 bridgehead atoms. The molecule has 19 heavy (non-hydrogen) atoms. The fraction of sp³-hybridized carbons (Fsp3) is 0.615. The molecular weight excluding hydrogens is 242 g/mol. The lowest BCUT2D eigenvalue weighted by Crippen LogP contribution is -2.17. The van der Waals surface area contributed by atoms with E-state index < -0.39 is 6.10 Å². The maximum absolute atomic E-state index is 9.42. The monoisotopic (exact) mass is 261 g/mol. The fourth-order valence-electron chi connectivity index (χ4n) is 2.25. The molecule has 2 N–H and O–H groups in total. The van der Waals surface area contributed by atoms with Crippen molar-refractivity contribution in [3.05, 3.63) is 11.5 Å². The maximum Gasteiger partial charge on any atom is 0.156 e. The van der Waals surface area contributed by atoms with Crippen molar-refractivity contribution in [2.75, 3.05) is 11.9 Å². The highest BCUT2D eigenvalue weighted by atomic mass is 16.3. The molecule has 0 aromatic carbocycles. The first-order valence-corrected chi connectivity index (χ1v) is 6.69. The molecule has 1 atom stereocenters. The zero-order chi connectivity index (χ0) is 13.6. The van der Waals surface area contributed by atoms with Crippen LogP contribution in [0.15, 0.2) is 0 Å². The van der Waals surface area contributed by atoms with Crippen LogP contribution in [0.5, 0.6) is 0 Å². The Hall–Kier alpha value is -1.69. The molecule has 0 saturated heterocycles. The number of aryl methyl sites for hydroxylation is 2. The minimum atomic E-state index is -0.413. The van der Waals surface area contributed by atoms with Crippen LogP contribution in [-0.2, 0) is 7.05 Å². The highest BCUT2D eigenvalue weighted by Gasteiger charge is 2.28. The minimum Gasteiger partial charge on any atom is -0.392 e. The van der Waals surface area contributed by atoms with Crippen molar-refractivity contribution in [2.45, 2.75) is 38.7 Å². The van der Waals surface area contributed by atoms with E-state index in [2.05, 4.69) is 20.4 Å². The van der Waals surface area contributed by atoms with Gasteiger partial charge in [0, 0.05) is 19.5 Å². The number of rotatable bonds is 4. The number of nitrogens with one attached hydrogen (secondary N) is 1. The van der Waals surface area contributed by atoms with Crippen LogP contribution in [-0.4, -0.2) is 37.5 Å². The predicted octanol–water partition coefficient (Wildman–Crippen LogP) is 1.34. The van der Waals surface area contributed by atoms with E-state index in [-0.39, 0.29) is 0 Å². The Morgan fingerprint density at radius 2 is 2.16 bits per heavy atom. The summed E-state index contributed by atoms with van der Waals surface area (Å²) in [6.07, 6.45) is 1.92. The molecule has 1 unspecified atom stereocenters. The molecular formula is C13H19N5O. The Bertz CT molecular complexity index is 615. The van der Waals surface area contributed by atoms with Gasteiger partial charge in [0.2, 0.25) is 0 Å². The second-order valence-corrected chi connectivity index (χ2v) is 5.34. The lowest BCUT2D eigenvalue weighted by Gasteiger charge is -2.10. The average Bonchev–Trinajstić information content (AvgIpc) is 3.15. The van der Waals surface area contributed by atoms with Crippen LogP contribution < -0.4 is 5.32 Å². The molecule has 1 aliphatic rings. The predicted molar refractivity (Wildman–Crippen MR) is 73.2 cm³/mol. The van der Waals surface area contributed by atoms with E-state index in [9.17, 15) is 5.11 Å². The van der Waals surface area contributed by atoms with Gasteiger partial charge in [0.05, 0.1) is 11.8 Å². The summed E-state index contributed by atoms with van der Waals surface area (Å²) in [6.45, 7) is 4.19. The van der Waals surface area contributed by atoms with Crippen LogP contribution in [0.25, 0.3) is 11.0 Å². The SMILES string of the molecule is Cc1nn(C)c2c(NCC(C)O)nc(C3CC3)nc12. The molecule has 2 aromatic rings. The second kappa shape index (κ2) is 4.45. The Morgan fingerprint density at radius 1 is 1.42 bits per heavy atom. The summed E-state index contributed by atoms with van der Waals surface area (Å²) in [6, 6.07) is 0. The smallest absolute Gasteiger partial charge is 0.156 e. The molecule has 1 aliphatic carbocycles. The van der Waals surface area contributed by atoms with Crippen molar-refractivity contribution in [1.29, 1.82) is 0 Å². The number of aliphatic hydroxyl groups excluding tert-OH is 1. The summed E-state index contributed by atoms with van der Waals surface area (Å²) in [5.41, 5.74) is 2.73. The largest absolute Gasteiger partial charge is 0.392 e. The molecule has 0 amide bonds. The topological polar surface area (TPSA) is 75.9 Å². The van der Waals surface area contributed by atoms with Crippen LogP contribution in [0.2, 0.25) is 0 Å². The van der Waals surface area contributed by atoms with Crippen LogP contribution in [0.3, 0.4) is 0 Å². The molecule has 2 heterocycles. The third-order valence-electron chi connectivity index (χ3n) is 3.38. The number of aliphatic hydroxyl groups is 1. The number of hydrogen-bond donors (Lipinski definition) is 2. The lowest BCUT2D eigenvalue weighted by molar-refractivity contribution is 0.208. The molecule has 1 saturated carbocycles. The van der Waals surface area contributed by atoms with Crippen molar-refractivity contribution in [1.82, 2.24) is 19.7 Å². The van der Waals surface area contributed by atoms with E-state index in [1.165, 1.54) is 12.8 Å².